The van der Waals surface area contributed by atoms with E-state index in [0.717, 1.165) is 19.0 Å². The van der Waals surface area contributed by atoms with Gasteiger partial charge < -0.3 is 5.32 Å². The van der Waals surface area contributed by atoms with Gasteiger partial charge in [0, 0.05) is 18.6 Å². The number of piperidine rings is 1. The van der Waals surface area contributed by atoms with E-state index in [4.69, 9.17) is 6.42 Å². The second-order valence-corrected chi connectivity index (χ2v) is 5.17. The molecule has 1 aliphatic carbocycles. The van der Waals surface area contributed by atoms with E-state index in [0.29, 0.717) is 12.1 Å². The highest BCUT2D eigenvalue weighted by Gasteiger charge is 2.34. The van der Waals surface area contributed by atoms with Crippen LogP contribution < -0.4 is 5.32 Å². The number of hydrogen-bond donors (Lipinski definition) is 1. The SMILES string of the molecule is C#CC(CC)N(CC1CCCCN1)C1CC1. The molecule has 0 aromatic carbocycles. The quantitative estimate of drug-likeness (QED) is 0.713. The Morgan fingerprint density at radius 3 is 2.69 bits per heavy atom. The standard InChI is InChI=1S/C14H24N2/c1-3-13(4-2)16(14-8-9-14)11-12-7-5-6-10-15-12/h1,12-15H,4-11H2,2H3. The third-order valence-electron chi connectivity index (χ3n) is 3.84. The Balaban J connectivity index is 1.89. The first-order chi connectivity index (χ1) is 7.85. The summed E-state index contributed by atoms with van der Waals surface area (Å²) in [5, 5.41) is 3.63. The first-order valence-corrected chi connectivity index (χ1v) is 6.80. The van der Waals surface area contributed by atoms with Crippen molar-refractivity contribution in [2.24, 2.45) is 0 Å². The largest absolute Gasteiger partial charge is 0.313 e. The van der Waals surface area contributed by atoms with Crippen LogP contribution in [0.15, 0.2) is 0 Å². The molecular weight excluding hydrogens is 196 g/mol. The molecular formula is C14H24N2. The van der Waals surface area contributed by atoms with E-state index in [1.807, 2.05) is 0 Å². The average Bonchev–Trinajstić information content (AvgIpc) is 3.14. The highest BCUT2D eigenvalue weighted by Crippen LogP contribution is 2.30. The molecule has 2 atom stereocenters. The van der Waals surface area contributed by atoms with Crippen molar-refractivity contribution < 1.29 is 0 Å². The van der Waals surface area contributed by atoms with Crippen LogP contribution in [0.4, 0.5) is 0 Å². The van der Waals surface area contributed by atoms with Gasteiger partial charge in [-0.1, -0.05) is 19.3 Å². The topological polar surface area (TPSA) is 15.3 Å². The molecule has 0 amide bonds. The third kappa shape index (κ3) is 2.99. The number of rotatable bonds is 5. The second kappa shape index (κ2) is 5.70. The van der Waals surface area contributed by atoms with Crippen LogP contribution >= 0.6 is 0 Å². The fraction of sp³-hybridized carbons (Fsp3) is 0.857. The predicted molar refractivity (Wildman–Crippen MR) is 68.3 cm³/mol. The van der Waals surface area contributed by atoms with E-state index < -0.39 is 0 Å². The zero-order chi connectivity index (χ0) is 11.4. The molecule has 0 radical (unpaired) electrons. The molecule has 2 heteroatoms. The van der Waals surface area contributed by atoms with Crippen LogP contribution in [-0.2, 0) is 0 Å². The lowest BCUT2D eigenvalue weighted by atomic mass is 10.0. The first kappa shape index (κ1) is 12.0. The summed E-state index contributed by atoms with van der Waals surface area (Å²) in [4.78, 5) is 2.57. The van der Waals surface area contributed by atoms with Crippen LogP contribution in [0, 0.1) is 12.3 Å². The van der Waals surface area contributed by atoms with E-state index >= 15 is 0 Å². The molecule has 2 unspecified atom stereocenters. The van der Waals surface area contributed by atoms with Crippen molar-refractivity contribution in [1.29, 1.82) is 0 Å². The van der Waals surface area contributed by atoms with Crippen molar-refractivity contribution >= 4 is 0 Å². The van der Waals surface area contributed by atoms with E-state index in [-0.39, 0.29) is 0 Å². The monoisotopic (exact) mass is 220 g/mol. The minimum absolute atomic E-state index is 0.358. The maximum atomic E-state index is 5.64. The fourth-order valence-corrected chi connectivity index (χ4v) is 2.72. The molecule has 0 spiro atoms. The normalized spacial score (nSPS) is 27.7. The Labute approximate surface area is 99.8 Å². The van der Waals surface area contributed by atoms with Gasteiger partial charge in [0.05, 0.1) is 6.04 Å². The van der Waals surface area contributed by atoms with Gasteiger partial charge in [0.2, 0.25) is 0 Å². The smallest absolute Gasteiger partial charge is 0.0712 e. The summed E-state index contributed by atoms with van der Waals surface area (Å²) in [6.07, 6.45) is 13.5. The molecule has 1 N–H and O–H groups in total. The highest BCUT2D eigenvalue weighted by molar-refractivity contribution is 5.04. The molecule has 2 rings (SSSR count). The van der Waals surface area contributed by atoms with Gasteiger partial charge in [-0.3, -0.25) is 4.90 Å². The molecule has 16 heavy (non-hydrogen) atoms. The van der Waals surface area contributed by atoms with E-state index in [1.54, 1.807) is 0 Å². The van der Waals surface area contributed by atoms with Crippen LogP contribution in [0.2, 0.25) is 0 Å². The van der Waals surface area contributed by atoms with Crippen LogP contribution in [0.25, 0.3) is 0 Å². The van der Waals surface area contributed by atoms with Gasteiger partial charge in [0.15, 0.2) is 0 Å². The molecule has 2 aliphatic rings. The van der Waals surface area contributed by atoms with Gasteiger partial charge in [0.25, 0.3) is 0 Å². The van der Waals surface area contributed by atoms with Crippen LogP contribution in [0.5, 0.6) is 0 Å². The molecule has 2 nitrogen and oxygen atoms in total. The van der Waals surface area contributed by atoms with Crippen molar-refractivity contribution in [3.63, 3.8) is 0 Å². The van der Waals surface area contributed by atoms with Crippen molar-refractivity contribution in [2.45, 2.75) is 63.6 Å². The number of terminal acetylenes is 1. The van der Waals surface area contributed by atoms with Crippen LogP contribution in [0.3, 0.4) is 0 Å². The Hall–Kier alpha value is -0.520. The Kier molecular flexibility index (Phi) is 4.26. The zero-order valence-electron chi connectivity index (χ0n) is 10.4. The fourth-order valence-electron chi connectivity index (χ4n) is 2.72. The Morgan fingerprint density at radius 1 is 1.38 bits per heavy atom. The number of nitrogens with zero attached hydrogens (tertiary/aromatic N) is 1. The minimum atomic E-state index is 0.358. The van der Waals surface area contributed by atoms with Gasteiger partial charge in [0.1, 0.15) is 0 Å². The summed E-state index contributed by atoms with van der Waals surface area (Å²) in [6.45, 7) is 4.55. The molecule has 0 aromatic rings. The van der Waals surface area contributed by atoms with Crippen LogP contribution in [-0.4, -0.2) is 36.1 Å². The first-order valence-electron chi connectivity index (χ1n) is 6.80. The molecule has 2 fully saturated rings. The van der Waals surface area contributed by atoms with Crippen molar-refractivity contribution in [3.05, 3.63) is 0 Å². The van der Waals surface area contributed by atoms with E-state index in [9.17, 15) is 0 Å². The molecule has 90 valence electrons. The Bertz CT molecular complexity index is 246. The summed E-state index contributed by atoms with van der Waals surface area (Å²) in [5.74, 6) is 2.96. The van der Waals surface area contributed by atoms with Gasteiger partial charge in [-0.15, -0.1) is 6.42 Å². The van der Waals surface area contributed by atoms with Gasteiger partial charge in [-0.05, 0) is 38.6 Å². The molecule has 1 heterocycles. The average molecular weight is 220 g/mol. The molecule has 1 saturated carbocycles. The third-order valence-corrected chi connectivity index (χ3v) is 3.84. The summed E-state index contributed by atoms with van der Waals surface area (Å²) in [6, 6.07) is 1.82. The van der Waals surface area contributed by atoms with Gasteiger partial charge in [-0.2, -0.15) is 0 Å². The lowest BCUT2D eigenvalue weighted by Crippen LogP contribution is -2.47. The maximum absolute atomic E-state index is 5.64. The lowest BCUT2D eigenvalue weighted by molar-refractivity contribution is 0.183. The van der Waals surface area contributed by atoms with Gasteiger partial charge >= 0.3 is 0 Å². The van der Waals surface area contributed by atoms with E-state index in [1.165, 1.54) is 38.6 Å². The van der Waals surface area contributed by atoms with Crippen molar-refractivity contribution in [1.82, 2.24) is 10.2 Å². The molecule has 0 aromatic heterocycles. The molecule has 1 saturated heterocycles. The Morgan fingerprint density at radius 2 is 2.19 bits per heavy atom. The van der Waals surface area contributed by atoms with Crippen LogP contribution in [0.1, 0.15) is 45.4 Å². The van der Waals surface area contributed by atoms with E-state index in [2.05, 4.69) is 23.1 Å². The van der Waals surface area contributed by atoms with Gasteiger partial charge in [-0.25, -0.2) is 0 Å². The maximum Gasteiger partial charge on any atom is 0.0712 e. The molecule has 1 aliphatic heterocycles. The summed E-state index contributed by atoms with van der Waals surface area (Å²) in [5.41, 5.74) is 0. The lowest BCUT2D eigenvalue weighted by Gasteiger charge is -2.33. The predicted octanol–water partition coefficient (Wildman–Crippen LogP) is 2.00. The minimum Gasteiger partial charge on any atom is -0.313 e. The summed E-state index contributed by atoms with van der Waals surface area (Å²) < 4.78 is 0. The van der Waals surface area contributed by atoms with Crippen molar-refractivity contribution in [2.75, 3.05) is 13.1 Å². The second-order valence-electron chi connectivity index (χ2n) is 5.17. The zero-order valence-corrected chi connectivity index (χ0v) is 10.4. The summed E-state index contributed by atoms with van der Waals surface area (Å²) >= 11 is 0. The number of hydrogen-bond acceptors (Lipinski definition) is 2. The molecule has 0 bridgehead atoms. The summed E-state index contributed by atoms with van der Waals surface area (Å²) in [7, 11) is 0. The van der Waals surface area contributed by atoms with Crippen molar-refractivity contribution in [3.8, 4) is 12.3 Å². The number of nitrogens with one attached hydrogen (secondary N) is 1. The highest BCUT2D eigenvalue weighted by atomic mass is 15.2.